The minimum atomic E-state index is 0.0270. The van der Waals surface area contributed by atoms with Gasteiger partial charge in [-0.15, -0.1) is 0 Å². The molecule has 0 aliphatic rings. The Labute approximate surface area is 152 Å². The maximum atomic E-state index is 12.7. The van der Waals surface area contributed by atoms with Crippen molar-refractivity contribution < 1.29 is 9.53 Å². The first-order chi connectivity index (χ1) is 12.1. The van der Waals surface area contributed by atoms with Crippen molar-refractivity contribution in [2.24, 2.45) is 0 Å². The van der Waals surface area contributed by atoms with Crippen molar-refractivity contribution in [3.05, 3.63) is 59.2 Å². The number of hydrogen-bond acceptors (Lipinski definition) is 4. The highest BCUT2D eigenvalue weighted by molar-refractivity contribution is 7.22. The van der Waals surface area contributed by atoms with E-state index in [0.29, 0.717) is 19.6 Å². The number of rotatable bonds is 6. The Balaban J connectivity index is 1.98. The van der Waals surface area contributed by atoms with Crippen LogP contribution in [0.15, 0.2) is 42.5 Å². The van der Waals surface area contributed by atoms with Crippen molar-refractivity contribution in [3.8, 4) is 0 Å². The highest BCUT2D eigenvalue weighted by Crippen LogP contribution is 2.33. The van der Waals surface area contributed by atoms with Crippen LogP contribution in [-0.2, 0) is 16.1 Å². The Morgan fingerprint density at radius 2 is 1.92 bits per heavy atom. The molecule has 1 amide bonds. The van der Waals surface area contributed by atoms with Gasteiger partial charge in [0.25, 0.3) is 0 Å². The van der Waals surface area contributed by atoms with Gasteiger partial charge < -0.3 is 4.74 Å². The molecule has 0 saturated carbocycles. The van der Waals surface area contributed by atoms with Crippen molar-refractivity contribution in [2.75, 3.05) is 18.6 Å². The number of fused-ring (bicyclic) bond motifs is 1. The molecule has 2 aromatic carbocycles. The van der Waals surface area contributed by atoms with Crippen molar-refractivity contribution in [1.82, 2.24) is 4.98 Å². The molecule has 0 bridgehead atoms. The van der Waals surface area contributed by atoms with E-state index in [9.17, 15) is 4.79 Å². The van der Waals surface area contributed by atoms with Crippen molar-refractivity contribution in [2.45, 2.75) is 26.8 Å². The predicted molar refractivity (Wildman–Crippen MR) is 103 cm³/mol. The molecule has 0 unspecified atom stereocenters. The summed E-state index contributed by atoms with van der Waals surface area (Å²) in [4.78, 5) is 19.3. The lowest BCUT2D eigenvalue weighted by Crippen LogP contribution is -2.31. The van der Waals surface area contributed by atoms with Gasteiger partial charge >= 0.3 is 0 Å². The van der Waals surface area contributed by atoms with Crippen LogP contribution < -0.4 is 4.90 Å². The molecular weight excluding hydrogens is 332 g/mol. The average molecular weight is 354 g/mol. The van der Waals surface area contributed by atoms with Gasteiger partial charge in [0.2, 0.25) is 5.91 Å². The topological polar surface area (TPSA) is 42.4 Å². The second kappa shape index (κ2) is 7.76. The SMILES string of the molecule is COCCC(=O)N(Cc1ccccc1)c1nc2c(C)c(C)ccc2s1. The fraction of sp³-hybridized carbons (Fsp3) is 0.300. The van der Waals surface area contributed by atoms with Crippen molar-refractivity contribution in [1.29, 1.82) is 0 Å². The minimum Gasteiger partial charge on any atom is -0.384 e. The first-order valence-electron chi connectivity index (χ1n) is 8.30. The molecule has 4 nitrogen and oxygen atoms in total. The van der Waals surface area contributed by atoms with Crippen molar-refractivity contribution in [3.63, 3.8) is 0 Å². The van der Waals surface area contributed by atoms with Gasteiger partial charge in [-0.05, 0) is 36.6 Å². The molecule has 130 valence electrons. The van der Waals surface area contributed by atoms with E-state index in [4.69, 9.17) is 9.72 Å². The van der Waals surface area contributed by atoms with Crippen LogP contribution >= 0.6 is 11.3 Å². The summed E-state index contributed by atoms with van der Waals surface area (Å²) in [5, 5.41) is 0.744. The quantitative estimate of drug-likeness (QED) is 0.655. The summed E-state index contributed by atoms with van der Waals surface area (Å²) in [7, 11) is 1.61. The van der Waals surface area contributed by atoms with Gasteiger partial charge in [-0.2, -0.15) is 0 Å². The molecular formula is C20H22N2O2S. The van der Waals surface area contributed by atoms with Crippen LogP contribution in [-0.4, -0.2) is 24.6 Å². The summed E-state index contributed by atoms with van der Waals surface area (Å²) < 4.78 is 6.19. The summed E-state index contributed by atoms with van der Waals surface area (Å²) in [6.45, 7) is 5.09. The van der Waals surface area contributed by atoms with E-state index in [2.05, 4.69) is 26.0 Å². The van der Waals surface area contributed by atoms with Gasteiger partial charge in [-0.3, -0.25) is 9.69 Å². The third kappa shape index (κ3) is 3.89. The maximum Gasteiger partial charge on any atom is 0.231 e. The van der Waals surface area contributed by atoms with Gasteiger partial charge in [0.1, 0.15) is 0 Å². The Kier molecular flexibility index (Phi) is 5.46. The van der Waals surface area contributed by atoms with Crippen LogP contribution in [0.5, 0.6) is 0 Å². The summed E-state index contributed by atoms with van der Waals surface area (Å²) in [6, 6.07) is 14.2. The van der Waals surface area contributed by atoms with Gasteiger partial charge in [-0.25, -0.2) is 4.98 Å². The van der Waals surface area contributed by atoms with Crippen LogP contribution in [0.1, 0.15) is 23.1 Å². The zero-order chi connectivity index (χ0) is 17.8. The lowest BCUT2D eigenvalue weighted by atomic mass is 10.1. The van der Waals surface area contributed by atoms with Gasteiger partial charge in [0.05, 0.1) is 29.8 Å². The monoisotopic (exact) mass is 354 g/mol. The van der Waals surface area contributed by atoms with E-state index < -0.39 is 0 Å². The molecule has 1 aromatic heterocycles. The number of carbonyl (C=O) groups is 1. The Bertz CT molecular complexity index is 874. The number of methoxy groups -OCH3 is 1. The van der Waals surface area contributed by atoms with Gasteiger partial charge in [-0.1, -0.05) is 47.7 Å². The molecule has 5 heteroatoms. The molecule has 3 aromatic rings. The highest BCUT2D eigenvalue weighted by Gasteiger charge is 2.20. The van der Waals surface area contributed by atoms with E-state index in [-0.39, 0.29) is 5.91 Å². The molecule has 0 radical (unpaired) electrons. The average Bonchev–Trinajstić information content (AvgIpc) is 3.06. The van der Waals surface area contributed by atoms with Crippen LogP contribution in [0.2, 0.25) is 0 Å². The molecule has 25 heavy (non-hydrogen) atoms. The highest BCUT2D eigenvalue weighted by atomic mass is 32.1. The number of anilines is 1. The smallest absolute Gasteiger partial charge is 0.231 e. The molecule has 0 saturated heterocycles. The summed E-state index contributed by atoms with van der Waals surface area (Å²) in [6.07, 6.45) is 0.345. The normalized spacial score (nSPS) is 11.0. The number of nitrogens with zero attached hydrogens (tertiary/aromatic N) is 2. The first-order valence-corrected chi connectivity index (χ1v) is 9.11. The molecule has 0 aliphatic heterocycles. The van der Waals surface area contributed by atoms with E-state index in [1.165, 1.54) is 11.1 Å². The van der Waals surface area contributed by atoms with E-state index in [1.807, 2.05) is 30.3 Å². The number of aryl methyl sites for hydroxylation is 2. The molecule has 1 heterocycles. The van der Waals surface area contributed by atoms with E-state index in [1.54, 1.807) is 23.3 Å². The summed E-state index contributed by atoms with van der Waals surface area (Å²) in [5.41, 5.74) is 4.45. The molecule has 0 spiro atoms. The third-order valence-corrected chi connectivity index (χ3v) is 5.35. The van der Waals surface area contributed by atoms with E-state index >= 15 is 0 Å². The van der Waals surface area contributed by atoms with Crippen molar-refractivity contribution >= 4 is 32.6 Å². The number of amides is 1. The number of thiazole rings is 1. The Morgan fingerprint density at radius 3 is 2.64 bits per heavy atom. The maximum absolute atomic E-state index is 12.7. The summed E-state index contributed by atoms with van der Waals surface area (Å²) >= 11 is 1.56. The largest absolute Gasteiger partial charge is 0.384 e. The second-order valence-corrected chi connectivity index (χ2v) is 7.07. The van der Waals surface area contributed by atoms with Gasteiger partial charge in [0, 0.05) is 7.11 Å². The minimum absolute atomic E-state index is 0.0270. The lowest BCUT2D eigenvalue weighted by molar-refractivity contribution is -0.119. The molecule has 3 rings (SSSR count). The number of hydrogen-bond donors (Lipinski definition) is 0. The predicted octanol–water partition coefficient (Wildman–Crippen LogP) is 4.48. The number of carbonyl (C=O) groups excluding carboxylic acids is 1. The second-order valence-electron chi connectivity index (χ2n) is 6.06. The zero-order valence-electron chi connectivity index (χ0n) is 14.8. The fourth-order valence-corrected chi connectivity index (χ4v) is 3.72. The zero-order valence-corrected chi connectivity index (χ0v) is 15.6. The summed E-state index contributed by atoms with van der Waals surface area (Å²) in [5.74, 6) is 0.0270. The number of benzene rings is 2. The van der Waals surface area contributed by atoms with Crippen LogP contribution in [0.25, 0.3) is 10.2 Å². The van der Waals surface area contributed by atoms with Gasteiger partial charge in [0.15, 0.2) is 5.13 Å². The van der Waals surface area contributed by atoms with E-state index in [0.717, 1.165) is 20.9 Å². The van der Waals surface area contributed by atoms with Crippen LogP contribution in [0.3, 0.4) is 0 Å². The third-order valence-electron chi connectivity index (χ3n) is 4.31. The van der Waals surface area contributed by atoms with Crippen LogP contribution in [0.4, 0.5) is 5.13 Å². The molecule has 0 atom stereocenters. The first kappa shape index (κ1) is 17.6. The fourth-order valence-electron chi connectivity index (χ4n) is 2.68. The lowest BCUT2D eigenvalue weighted by Gasteiger charge is -2.20. The molecule has 0 N–H and O–H groups in total. The Hall–Kier alpha value is -2.24. The number of aromatic nitrogens is 1. The standard InChI is InChI=1S/C20H22N2O2S/c1-14-9-10-17-19(15(14)2)21-20(25-17)22(18(23)11-12-24-3)13-16-7-5-4-6-8-16/h4-10H,11-13H2,1-3H3. The van der Waals surface area contributed by atoms with Crippen LogP contribution in [0, 0.1) is 13.8 Å². The molecule has 0 fully saturated rings. The number of ether oxygens (including phenoxy) is 1. The Morgan fingerprint density at radius 1 is 1.16 bits per heavy atom. The molecule has 0 aliphatic carbocycles.